The monoisotopic (exact) mass is 262 g/mol. The Balaban J connectivity index is 2.34. The van der Waals surface area contributed by atoms with Crippen LogP contribution in [0.15, 0.2) is 30.3 Å². The maximum atomic E-state index is 13.1. The molecule has 1 aromatic carbocycles. The Bertz CT molecular complexity index is 657. The smallest absolute Gasteiger partial charge is 0.323 e. The van der Waals surface area contributed by atoms with Gasteiger partial charge in [0.25, 0.3) is 5.91 Å². The van der Waals surface area contributed by atoms with E-state index >= 15 is 0 Å². The van der Waals surface area contributed by atoms with Gasteiger partial charge in [-0.15, -0.1) is 0 Å². The molecule has 6 heteroatoms. The predicted octanol–water partition coefficient (Wildman–Crippen LogP) is 1.53. The summed E-state index contributed by atoms with van der Waals surface area (Å²) in [4.78, 5) is 27.5. The van der Waals surface area contributed by atoms with Gasteiger partial charge in [-0.05, 0) is 18.2 Å². The molecule has 0 bridgehead atoms. The van der Waals surface area contributed by atoms with E-state index in [0.29, 0.717) is 10.9 Å². The molecule has 0 aliphatic carbocycles. The van der Waals surface area contributed by atoms with Crippen molar-refractivity contribution < 1.29 is 19.1 Å². The molecule has 1 amide bonds. The first kappa shape index (κ1) is 12.9. The van der Waals surface area contributed by atoms with Crippen molar-refractivity contribution in [1.82, 2.24) is 9.88 Å². The zero-order chi connectivity index (χ0) is 14.0. The number of hydrogen-bond acceptors (Lipinski definition) is 3. The molecule has 0 atom stereocenters. The number of carboxylic acid groups (broad SMARTS) is 1. The lowest BCUT2D eigenvalue weighted by atomic mass is 10.2. The molecule has 0 aliphatic heterocycles. The second-order valence-electron chi connectivity index (χ2n) is 4.09. The Morgan fingerprint density at radius 3 is 2.68 bits per heavy atom. The molecule has 0 saturated heterocycles. The van der Waals surface area contributed by atoms with E-state index in [1.165, 1.54) is 25.2 Å². The lowest BCUT2D eigenvalue weighted by Gasteiger charge is -2.14. The van der Waals surface area contributed by atoms with Crippen LogP contribution in [0.4, 0.5) is 4.39 Å². The topological polar surface area (TPSA) is 70.5 Å². The van der Waals surface area contributed by atoms with Crippen LogP contribution >= 0.6 is 0 Å². The molecule has 0 unspecified atom stereocenters. The van der Waals surface area contributed by atoms with Crippen molar-refractivity contribution in [3.05, 3.63) is 41.8 Å². The Morgan fingerprint density at radius 1 is 1.32 bits per heavy atom. The number of amides is 1. The van der Waals surface area contributed by atoms with Crippen molar-refractivity contribution in [3.63, 3.8) is 0 Å². The van der Waals surface area contributed by atoms with Crippen LogP contribution in [-0.2, 0) is 4.79 Å². The number of rotatable bonds is 3. The van der Waals surface area contributed by atoms with E-state index in [1.54, 1.807) is 12.1 Å². The molecule has 98 valence electrons. The van der Waals surface area contributed by atoms with E-state index < -0.39 is 24.2 Å². The van der Waals surface area contributed by atoms with Crippen LogP contribution in [0.2, 0.25) is 0 Å². The second-order valence-corrected chi connectivity index (χ2v) is 4.09. The zero-order valence-electron chi connectivity index (χ0n) is 10.1. The summed E-state index contributed by atoms with van der Waals surface area (Å²) in [5.41, 5.74) is 0.441. The molecule has 2 aromatic rings. The number of carbonyl (C=O) groups is 2. The lowest BCUT2D eigenvalue weighted by Crippen LogP contribution is -2.32. The van der Waals surface area contributed by atoms with Crippen LogP contribution in [-0.4, -0.2) is 40.5 Å². The van der Waals surface area contributed by atoms with Crippen LogP contribution in [0.5, 0.6) is 0 Å². The van der Waals surface area contributed by atoms with Crippen molar-refractivity contribution >= 4 is 22.8 Å². The van der Waals surface area contributed by atoms with E-state index in [-0.39, 0.29) is 5.69 Å². The minimum absolute atomic E-state index is 0.0850. The molecular weight excluding hydrogens is 251 g/mol. The molecule has 0 saturated carbocycles. The van der Waals surface area contributed by atoms with Crippen LogP contribution in [0, 0.1) is 5.82 Å². The normalized spacial score (nSPS) is 10.4. The van der Waals surface area contributed by atoms with E-state index in [1.807, 2.05) is 0 Å². The van der Waals surface area contributed by atoms with Crippen molar-refractivity contribution in [2.75, 3.05) is 13.6 Å². The molecule has 0 spiro atoms. The van der Waals surface area contributed by atoms with Crippen LogP contribution in [0.1, 0.15) is 10.5 Å². The molecule has 1 N–H and O–H groups in total. The third-order valence-corrected chi connectivity index (χ3v) is 2.59. The molecule has 0 fully saturated rings. The van der Waals surface area contributed by atoms with Gasteiger partial charge in [-0.3, -0.25) is 9.59 Å². The number of hydrogen-bond donors (Lipinski definition) is 1. The molecule has 0 radical (unpaired) electrons. The zero-order valence-corrected chi connectivity index (χ0v) is 10.1. The summed E-state index contributed by atoms with van der Waals surface area (Å²) < 4.78 is 13.1. The number of fused-ring (bicyclic) bond motifs is 1. The molecule has 2 rings (SSSR count). The van der Waals surface area contributed by atoms with E-state index in [0.717, 1.165) is 4.90 Å². The number of likely N-dealkylation sites (N-methyl/N-ethyl adjacent to an activating group) is 1. The van der Waals surface area contributed by atoms with Gasteiger partial charge in [0.05, 0.1) is 5.52 Å². The number of carbonyl (C=O) groups excluding carboxylic acids is 1. The maximum Gasteiger partial charge on any atom is 0.323 e. The number of carboxylic acids is 1. The van der Waals surface area contributed by atoms with E-state index in [9.17, 15) is 14.0 Å². The SMILES string of the molecule is CN(CC(=O)O)C(=O)c1ccc2ccc(F)cc2n1. The summed E-state index contributed by atoms with van der Waals surface area (Å²) in [6.07, 6.45) is 0. The summed E-state index contributed by atoms with van der Waals surface area (Å²) in [7, 11) is 1.37. The summed E-state index contributed by atoms with van der Waals surface area (Å²) in [5, 5.41) is 9.33. The van der Waals surface area contributed by atoms with Crippen molar-refractivity contribution in [1.29, 1.82) is 0 Å². The van der Waals surface area contributed by atoms with E-state index in [2.05, 4.69) is 4.98 Å². The summed E-state index contributed by atoms with van der Waals surface area (Å²) in [6.45, 7) is -0.415. The van der Waals surface area contributed by atoms with E-state index in [4.69, 9.17) is 5.11 Å². The quantitative estimate of drug-likeness (QED) is 0.910. The molecule has 1 aromatic heterocycles. The largest absolute Gasteiger partial charge is 0.480 e. The highest BCUT2D eigenvalue weighted by Crippen LogP contribution is 2.14. The standard InChI is InChI=1S/C13H11FN2O3/c1-16(7-12(17)18)13(19)10-5-3-8-2-4-9(14)6-11(8)15-10/h2-6H,7H2,1H3,(H,17,18). The van der Waals surface area contributed by atoms with Gasteiger partial charge in [0.15, 0.2) is 0 Å². The molecular formula is C13H11FN2O3. The van der Waals surface area contributed by atoms with Gasteiger partial charge in [0.1, 0.15) is 18.1 Å². The van der Waals surface area contributed by atoms with Crippen LogP contribution in [0.3, 0.4) is 0 Å². The van der Waals surface area contributed by atoms with Gasteiger partial charge < -0.3 is 10.0 Å². The van der Waals surface area contributed by atoms with Crippen molar-refractivity contribution in [2.45, 2.75) is 0 Å². The number of benzene rings is 1. The highest BCUT2D eigenvalue weighted by molar-refractivity contribution is 5.96. The molecule has 5 nitrogen and oxygen atoms in total. The highest BCUT2D eigenvalue weighted by Gasteiger charge is 2.16. The third kappa shape index (κ3) is 2.85. The average Bonchev–Trinajstić information content (AvgIpc) is 2.36. The Hall–Kier alpha value is -2.50. The Labute approximate surface area is 108 Å². The summed E-state index contributed by atoms with van der Waals surface area (Å²) in [6, 6.07) is 7.22. The van der Waals surface area contributed by atoms with Crippen LogP contribution in [0.25, 0.3) is 10.9 Å². The van der Waals surface area contributed by atoms with Gasteiger partial charge in [-0.2, -0.15) is 0 Å². The Morgan fingerprint density at radius 2 is 2.00 bits per heavy atom. The lowest BCUT2D eigenvalue weighted by molar-refractivity contribution is -0.137. The van der Waals surface area contributed by atoms with Gasteiger partial charge >= 0.3 is 5.97 Å². The summed E-state index contributed by atoms with van der Waals surface area (Å²) in [5.74, 6) is -2.07. The number of halogens is 1. The number of aromatic nitrogens is 1. The first-order valence-corrected chi connectivity index (χ1v) is 5.51. The minimum atomic E-state index is -1.11. The maximum absolute atomic E-state index is 13.1. The van der Waals surface area contributed by atoms with Gasteiger partial charge in [-0.25, -0.2) is 9.37 Å². The average molecular weight is 262 g/mol. The van der Waals surface area contributed by atoms with Crippen LogP contribution < -0.4 is 0 Å². The number of pyridine rings is 1. The fourth-order valence-corrected chi connectivity index (χ4v) is 1.68. The second kappa shape index (κ2) is 5.01. The minimum Gasteiger partial charge on any atom is -0.480 e. The first-order chi connectivity index (χ1) is 8.97. The summed E-state index contributed by atoms with van der Waals surface area (Å²) >= 11 is 0. The molecule has 1 heterocycles. The predicted molar refractivity (Wildman–Crippen MR) is 66.3 cm³/mol. The van der Waals surface area contributed by atoms with Crippen molar-refractivity contribution in [2.24, 2.45) is 0 Å². The third-order valence-electron chi connectivity index (χ3n) is 2.59. The molecule has 0 aliphatic rings. The van der Waals surface area contributed by atoms with Crippen molar-refractivity contribution in [3.8, 4) is 0 Å². The van der Waals surface area contributed by atoms with Gasteiger partial charge in [0.2, 0.25) is 0 Å². The molecule has 19 heavy (non-hydrogen) atoms. The first-order valence-electron chi connectivity index (χ1n) is 5.51. The fraction of sp³-hybridized carbons (Fsp3) is 0.154. The van der Waals surface area contributed by atoms with Gasteiger partial charge in [0, 0.05) is 18.5 Å². The highest BCUT2D eigenvalue weighted by atomic mass is 19.1. The number of nitrogens with zero attached hydrogens (tertiary/aromatic N) is 2. The van der Waals surface area contributed by atoms with Gasteiger partial charge in [-0.1, -0.05) is 6.07 Å². The number of aliphatic carboxylic acids is 1. The fourth-order valence-electron chi connectivity index (χ4n) is 1.68. The Kier molecular flexibility index (Phi) is 3.41.